The van der Waals surface area contributed by atoms with Gasteiger partial charge in [0.25, 0.3) is 5.91 Å². The van der Waals surface area contributed by atoms with Gasteiger partial charge in [0.1, 0.15) is 5.69 Å². The van der Waals surface area contributed by atoms with Crippen molar-refractivity contribution in [3.05, 3.63) is 94.1 Å². The third kappa shape index (κ3) is 6.46. The maximum atomic E-state index is 12.7. The summed E-state index contributed by atoms with van der Waals surface area (Å²) in [6.07, 6.45) is 14.9. The highest BCUT2D eigenvalue weighted by Crippen LogP contribution is 2.52. The number of ether oxygens (including phenoxy) is 2. The minimum absolute atomic E-state index is 0.00842. The Hall–Kier alpha value is -5.70. The van der Waals surface area contributed by atoms with Crippen molar-refractivity contribution < 1.29 is 28.7 Å². The summed E-state index contributed by atoms with van der Waals surface area (Å²) in [5, 5.41) is 3.07. The summed E-state index contributed by atoms with van der Waals surface area (Å²) >= 11 is 3.37. The Bertz CT molecular complexity index is 2360. The Morgan fingerprint density at radius 2 is 1.41 bits per heavy atom. The highest BCUT2D eigenvalue weighted by molar-refractivity contribution is 9.10. The zero-order valence-electron chi connectivity index (χ0n) is 29.6. The first-order valence-corrected chi connectivity index (χ1v) is 18.8. The molecule has 1 amide bonds. The second kappa shape index (κ2) is 14.3. The van der Waals surface area contributed by atoms with Crippen molar-refractivity contribution in [2.75, 3.05) is 19.8 Å². The van der Waals surface area contributed by atoms with Crippen LogP contribution in [0.3, 0.4) is 0 Å². The molecule has 9 rings (SSSR count). The number of ketones is 1. The van der Waals surface area contributed by atoms with Gasteiger partial charge in [0.15, 0.2) is 17.4 Å². The van der Waals surface area contributed by atoms with Crippen molar-refractivity contribution in [2.45, 2.75) is 62.6 Å². The summed E-state index contributed by atoms with van der Waals surface area (Å²) in [7, 11) is 0. The number of H-pyrrole nitrogens is 1. The van der Waals surface area contributed by atoms with Crippen LogP contribution in [0.1, 0.15) is 97.1 Å². The first-order chi connectivity index (χ1) is 26.2. The van der Waals surface area contributed by atoms with Gasteiger partial charge in [-0.05, 0) is 81.2 Å². The van der Waals surface area contributed by atoms with Gasteiger partial charge in [-0.2, -0.15) is 0 Å². The van der Waals surface area contributed by atoms with Crippen LogP contribution in [-0.2, 0) is 34.2 Å². The topological polar surface area (TPSA) is 192 Å². The third-order valence-corrected chi connectivity index (χ3v) is 11.0. The van der Waals surface area contributed by atoms with E-state index >= 15 is 0 Å². The molecule has 1 atom stereocenters. The number of halogens is 1. The normalized spacial score (nSPS) is 17.1. The van der Waals surface area contributed by atoms with E-state index in [9.17, 15) is 19.2 Å². The average Bonchev–Trinajstić information content (AvgIpc) is 3.87. The van der Waals surface area contributed by atoms with Crippen LogP contribution in [0, 0.1) is 0 Å². The molecule has 1 fully saturated rings. The third-order valence-electron chi connectivity index (χ3n) is 10.1. The van der Waals surface area contributed by atoms with Crippen LogP contribution >= 0.6 is 15.9 Å². The van der Waals surface area contributed by atoms with Gasteiger partial charge in [-0.25, -0.2) is 29.5 Å². The van der Waals surface area contributed by atoms with E-state index in [1.54, 1.807) is 44.6 Å². The summed E-state index contributed by atoms with van der Waals surface area (Å²) in [6, 6.07) is 3.31. The molecular weight excluding hydrogens is 756 g/mol. The van der Waals surface area contributed by atoms with Gasteiger partial charge < -0.3 is 19.8 Å². The number of nitrogens with zero attached hydrogens (tertiary/aromatic N) is 6. The fraction of sp³-hybridized carbons (Fsp3) is 0.333. The van der Waals surface area contributed by atoms with Crippen molar-refractivity contribution in [3.8, 4) is 34.2 Å². The molecule has 2 N–H and O–H groups in total. The second-order valence-electron chi connectivity index (χ2n) is 13.6. The number of aromatic amines is 1. The number of rotatable bonds is 6. The van der Waals surface area contributed by atoms with Gasteiger partial charge in [-0.15, -0.1) is 0 Å². The summed E-state index contributed by atoms with van der Waals surface area (Å²) in [4.78, 5) is 78.4. The number of aryl methyl sites for hydroxylation is 2. The second-order valence-corrected chi connectivity index (χ2v) is 14.7. The molecule has 6 heterocycles. The lowest BCUT2D eigenvalue weighted by Crippen LogP contribution is -2.39. The number of esters is 2. The summed E-state index contributed by atoms with van der Waals surface area (Å²) in [5.41, 5.74) is 9.00. The van der Waals surface area contributed by atoms with E-state index in [1.807, 2.05) is 6.20 Å². The predicted octanol–water partition coefficient (Wildman–Crippen LogP) is 5.19. The van der Waals surface area contributed by atoms with Crippen molar-refractivity contribution in [3.63, 3.8) is 0 Å². The lowest BCUT2D eigenvalue weighted by atomic mass is 9.88. The Morgan fingerprint density at radius 3 is 2.00 bits per heavy atom. The van der Waals surface area contributed by atoms with Crippen LogP contribution in [0.25, 0.3) is 34.2 Å². The fourth-order valence-corrected chi connectivity index (χ4v) is 7.57. The fourth-order valence-electron chi connectivity index (χ4n) is 7.13. The maximum absolute atomic E-state index is 12.7. The van der Waals surface area contributed by atoms with Gasteiger partial charge in [0.2, 0.25) is 0 Å². The van der Waals surface area contributed by atoms with E-state index in [2.05, 4.69) is 51.2 Å². The standard InChI is InChI=1S/C23H21N5O3.C16H14BrN3O3/c1-2-31-22(30)14-7-13(8-24-9-14)20-25-10-12-3-4-15-16-19(27-18(15)17(12)28-20)23(5-6-23)11-26-21(16)29;1-2-23-16(22)11-5-10(6-18-7-11)15-19-8-9-3-4-12(17)14(21)13(9)20-15/h7-10,27H,2-6,11H2,1H3,(H,26,29);5-8,12H,2-4H2,1H3. The molecule has 0 aromatic carbocycles. The van der Waals surface area contributed by atoms with E-state index in [4.69, 9.17) is 14.5 Å². The smallest absolute Gasteiger partial charge is 0.339 e. The number of pyridine rings is 2. The van der Waals surface area contributed by atoms with E-state index < -0.39 is 11.9 Å². The highest BCUT2D eigenvalue weighted by Gasteiger charge is 2.51. The first kappa shape index (κ1) is 35.3. The number of nitrogens with one attached hydrogen (secondary N) is 2. The van der Waals surface area contributed by atoms with Gasteiger partial charge in [0.05, 0.1) is 46.1 Å². The van der Waals surface area contributed by atoms with E-state index in [1.165, 1.54) is 12.4 Å². The predicted molar refractivity (Wildman–Crippen MR) is 198 cm³/mol. The van der Waals surface area contributed by atoms with Crippen molar-refractivity contribution >= 4 is 39.6 Å². The number of fused-ring (bicyclic) bond motifs is 7. The van der Waals surface area contributed by atoms with Crippen LogP contribution in [-0.4, -0.2) is 83.1 Å². The first-order valence-electron chi connectivity index (χ1n) is 17.9. The number of carbonyl (C=O) groups excluding carboxylic acids is 4. The Labute approximate surface area is 318 Å². The molecule has 0 saturated heterocycles. The van der Waals surface area contributed by atoms with Gasteiger partial charge >= 0.3 is 11.9 Å². The average molecular weight is 792 g/mol. The quantitative estimate of drug-likeness (QED) is 0.169. The highest BCUT2D eigenvalue weighted by atomic mass is 79.9. The van der Waals surface area contributed by atoms with E-state index in [0.29, 0.717) is 59.4 Å². The minimum Gasteiger partial charge on any atom is -0.462 e. The Morgan fingerprint density at radius 1 is 0.815 bits per heavy atom. The molecule has 0 radical (unpaired) electrons. The van der Waals surface area contributed by atoms with Crippen molar-refractivity contribution in [1.29, 1.82) is 0 Å². The van der Waals surface area contributed by atoms with E-state index in [0.717, 1.165) is 77.9 Å². The Balaban J connectivity index is 0.000000161. The molecule has 1 spiro atoms. The molecule has 5 aromatic heterocycles. The number of alkyl halides is 1. The molecular formula is C39H35BrN8O6. The van der Waals surface area contributed by atoms with E-state index in [-0.39, 0.29) is 21.9 Å². The monoisotopic (exact) mass is 790 g/mol. The van der Waals surface area contributed by atoms with Gasteiger partial charge in [0, 0.05) is 66.0 Å². The zero-order chi connectivity index (χ0) is 37.6. The van der Waals surface area contributed by atoms with Crippen LogP contribution in [0.15, 0.2) is 49.3 Å². The minimum atomic E-state index is -0.448. The SMILES string of the molecule is CCOC(=O)c1cncc(-c2ncc3c(n2)-c2[nH]c4c(c2CC3)C(=O)NCC42CC2)c1.CCOC(=O)c1cncc(-c2ncc3c(n2)C(=O)C(Br)CC3)c1. The lowest BCUT2D eigenvalue weighted by molar-refractivity contribution is 0.0516. The molecule has 1 unspecified atom stereocenters. The lowest BCUT2D eigenvalue weighted by Gasteiger charge is -2.23. The molecule has 15 heteroatoms. The molecule has 1 saturated carbocycles. The summed E-state index contributed by atoms with van der Waals surface area (Å²) < 4.78 is 10.0. The molecule has 1 aliphatic heterocycles. The van der Waals surface area contributed by atoms with Crippen LogP contribution in [0.4, 0.5) is 0 Å². The van der Waals surface area contributed by atoms with Crippen molar-refractivity contribution in [2.24, 2.45) is 0 Å². The maximum Gasteiger partial charge on any atom is 0.339 e. The zero-order valence-corrected chi connectivity index (χ0v) is 31.2. The number of amides is 1. The Kier molecular flexibility index (Phi) is 9.34. The van der Waals surface area contributed by atoms with Gasteiger partial charge in [-0.3, -0.25) is 19.6 Å². The molecule has 54 heavy (non-hydrogen) atoms. The number of hydrogen-bond donors (Lipinski definition) is 2. The largest absolute Gasteiger partial charge is 0.462 e. The van der Waals surface area contributed by atoms with Crippen LogP contribution in [0.2, 0.25) is 0 Å². The number of hydrogen-bond acceptors (Lipinski definition) is 12. The summed E-state index contributed by atoms with van der Waals surface area (Å²) in [5.74, 6) is -0.0365. The van der Waals surface area contributed by atoms with Crippen molar-refractivity contribution in [1.82, 2.24) is 40.2 Å². The summed E-state index contributed by atoms with van der Waals surface area (Å²) in [6.45, 7) is 4.80. The van der Waals surface area contributed by atoms with Crippen LogP contribution < -0.4 is 5.32 Å². The number of carbonyl (C=O) groups is 4. The van der Waals surface area contributed by atoms with Crippen LogP contribution in [0.5, 0.6) is 0 Å². The molecule has 5 aromatic rings. The van der Waals surface area contributed by atoms with Gasteiger partial charge in [-0.1, -0.05) is 15.9 Å². The molecule has 14 nitrogen and oxygen atoms in total. The molecule has 3 aliphatic carbocycles. The number of Topliss-reactive ketones (excluding diaryl/α,β-unsaturated/α-hetero) is 1. The number of aromatic nitrogens is 7. The molecule has 4 aliphatic rings. The molecule has 0 bridgehead atoms. The molecule has 274 valence electrons.